The normalized spacial score (nSPS) is 25.2. The summed E-state index contributed by atoms with van der Waals surface area (Å²) < 4.78 is 0. The molecule has 2 amide bonds. The molecule has 3 fully saturated rings. The van der Waals surface area contributed by atoms with Crippen LogP contribution in [-0.2, 0) is 16.0 Å². The quantitative estimate of drug-likeness (QED) is 0.633. The Bertz CT molecular complexity index is 1010. The summed E-state index contributed by atoms with van der Waals surface area (Å²) in [6.45, 7) is 4.31. The Morgan fingerprint density at radius 3 is 2.36 bits per heavy atom. The lowest BCUT2D eigenvalue weighted by atomic mass is 9.91. The van der Waals surface area contributed by atoms with Gasteiger partial charge in [-0.2, -0.15) is 0 Å². The van der Waals surface area contributed by atoms with Crippen LogP contribution in [0.15, 0.2) is 48.8 Å². The Morgan fingerprint density at radius 1 is 0.889 bits per heavy atom. The van der Waals surface area contributed by atoms with Crippen LogP contribution < -0.4 is 4.90 Å². The van der Waals surface area contributed by atoms with Crippen LogP contribution in [0.3, 0.4) is 0 Å². The number of nitrogens with zero attached hydrogens (tertiary/aromatic N) is 5. The van der Waals surface area contributed by atoms with E-state index in [1.807, 2.05) is 12.1 Å². The van der Waals surface area contributed by atoms with Crippen molar-refractivity contribution in [3.8, 4) is 0 Å². The van der Waals surface area contributed by atoms with Crippen LogP contribution in [0.2, 0.25) is 0 Å². The van der Waals surface area contributed by atoms with E-state index in [2.05, 4.69) is 48.9 Å². The molecule has 0 radical (unpaired) electrons. The molecule has 3 aliphatic heterocycles. The summed E-state index contributed by atoms with van der Waals surface area (Å²) in [7, 11) is 0. The lowest BCUT2D eigenvalue weighted by Crippen LogP contribution is -2.51. The maximum atomic E-state index is 13.8. The zero-order valence-corrected chi connectivity index (χ0v) is 21.5. The number of benzene rings is 1. The summed E-state index contributed by atoms with van der Waals surface area (Å²) in [6, 6.07) is 12.7. The molecule has 7 nitrogen and oxygen atoms in total. The lowest BCUT2D eigenvalue weighted by Gasteiger charge is -2.39. The molecule has 7 heteroatoms. The summed E-state index contributed by atoms with van der Waals surface area (Å²) in [5, 5.41) is 0. The highest BCUT2D eigenvalue weighted by atomic mass is 16.2. The van der Waals surface area contributed by atoms with Gasteiger partial charge in [-0.1, -0.05) is 43.2 Å². The Hall–Kier alpha value is -2.96. The second-order valence-corrected chi connectivity index (χ2v) is 10.8. The number of amides is 2. The zero-order chi connectivity index (χ0) is 24.9. The number of hydrogen-bond donors (Lipinski definition) is 0. The molecule has 4 heterocycles. The van der Waals surface area contributed by atoms with Gasteiger partial charge in [0.15, 0.2) is 0 Å². The Balaban J connectivity index is 1.26. The second kappa shape index (κ2) is 11.4. The van der Waals surface area contributed by atoms with Crippen molar-refractivity contribution < 1.29 is 9.59 Å². The van der Waals surface area contributed by atoms with E-state index in [0.717, 1.165) is 76.9 Å². The molecular formula is C29H39N5O2. The first-order chi connectivity index (χ1) is 17.6. The lowest BCUT2D eigenvalue weighted by molar-refractivity contribution is -0.138. The largest absolute Gasteiger partial charge is 0.341 e. The number of likely N-dealkylation sites (tertiary alicyclic amines) is 2. The summed E-state index contributed by atoms with van der Waals surface area (Å²) in [5.74, 6) is 1.61. The van der Waals surface area contributed by atoms with Gasteiger partial charge in [-0.3, -0.25) is 9.59 Å². The fraction of sp³-hybridized carbons (Fsp3) is 0.586. The minimum absolute atomic E-state index is 0.133. The monoisotopic (exact) mass is 489 g/mol. The van der Waals surface area contributed by atoms with Gasteiger partial charge in [0.25, 0.3) is 0 Å². The summed E-state index contributed by atoms with van der Waals surface area (Å²) >= 11 is 0. The highest BCUT2D eigenvalue weighted by Gasteiger charge is 2.46. The van der Waals surface area contributed by atoms with Gasteiger partial charge in [0.1, 0.15) is 0 Å². The van der Waals surface area contributed by atoms with Gasteiger partial charge < -0.3 is 14.7 Å². The highest BCUT2D eigenvalue weighted by molar-refractivity contribution is 5.78. The van der Waals surface area contributed by atoms with Crippen molar-refractivity contribution in [2.75, 3.05) is 24.5 Å². The maximum absolute atomic E-state index is 13.8. The van der Waals surface area contributed by atoms with E-state index in [0.29, 0.717) is 12.3 Å². The van der Waals surface area contributed by atoms with Crippen molar-refractivity contribution >= 4 is 17.8 Å². The molecule has 192 valence electrons. The second-order valence-electron chi connectivity index (χ2n) is 10.8. The van der Waals surface area contributed by atoms with Gasteiger partial charge in [0.05, 0.1) is 12.1 Å². The van der Waals surface area contributed by atoms with Crippen molar-refractivity contribution in [3.05, 3.63) is 54.4 Å². The molecule has 5 rings (SSSR count). The molecule has 0 saturated carbocycles. The number of anilines is 1. The molecule has 0 N–H and O–H groups in total. The summed E-state index contributed by atoms with van der Waals surface area (Å²) in [6.07, 6.45) is 12.2. The number of rotatable bonds is 5. The number of carbonyl (C=O) groups is 2. The van der Waals surface area contributed by atoms with Crippen LogP contribution in [0.4, 0.5) is 5.95 Å². The van der Waals surface area contributed by atoms with Gasteiger partial charge in [-0.25, -0.2) is 9.97 Å². The number of carbonyl (C=O) groups excluding carboxylic acids is 2. The number of hydrogen-bond acceptors (Lipinski definition) is 5. The van der Waals surface area contributed by atoms with E-state index in [1.165, 1.54) is 5.56 Å². The van der Waals surface area contributed by atoms with Gasteiger partial charge in [-0.15, -0.1) is 0 Å². The maximum Gasteiger partial charge on any atom is 0.225 e. The average Bonchev–Trinajstić information content (AvgIpc) is 3.22. The molecule has 0 spiro atoms. The molecular weight excluding hydrogens is 450 g/mol. The van der Waals surface area contributed by atoms with Gasteiger partial charge in [0, 0.05) is 51.4 Å². The van der Waals surface area contributed by atoms with Crippen molar-refractivity contribution in [3.63, 3.8) is 0 Å². The molecule has 1 aromatic carbocycles. The Morgan fingerprint density at radius 2 is 1.64 bits per heavy atom. The first-order valence-electron chi connectivity index (χ1n) is 13.7. The Labute approximate surface area is 214 Å². The third-order valence-corrected chi connectivity index (χ3v) is 8.42. The molecule has 36 heavy (non-hydrogen) atoms. The number of aromatic nitrogens is 2. The predicted molar refractivity (Wildman–Crippen MR) is 140 cm³/mol. The van der Waals surface area contributed by atoms with E-state index >= 15 is 0 Å². The van der Waals surface area contributed by atoms with Crippen LogP contribution in [0.25, 0.3) is 0 Å². The Kier molecular flexibility index (Phi) is 7.83. The van der Waals surface area contributed by atoms with Crippen molar-refractivity contribution in [2.45, 2.75) is 82.8 Å². The SMILES string of the molecule is CC(=O)N1[C@H](Cc2ccccc2)C[C@H]2[C@H]1CCCCCN2C(=O)CC1CCN(c2ncccn2)CC1. The number of piperidine rings is 1. The molecule has 1 aromatic heterocycles. The predicted octanol–water partition coefficient (Wildman–Crippen LogP) is 4.09. The topological polar surface area (TPSA) is 69.6 Å². The zero-order valence-electron chi connectivity index (χ0n) is 21.5. The molecule has 3 aliphatic rings. The summed E-state index contributed by atoms with van der Waals surface area (Å²) in [5.41, 5.74) is 1.26. The van der Waals surface area contributed by atoms with E-state index in [-0.39, 0.29) is 29.9 Å². The highest BCUT2D eigenvalue weighted by Crippen LogP contribution is 2.36. The third-order valence-electron chi connectivity index (χ3n) is 8.42. The first kappa shape index (κ1) is 24.7. The smallest absolute Gasteiger partial charge is 0.225 e. The van der Waals surface area contributed by atoms with Crippen molar-refractivity contribution in [2.24, 2.45) is 5.92 Å². The van der Waals surface area contributed by atoms with Crippen molar-refractivity contribution in [1.29, 1.82) is 0 Å². The summed E-state index contributed by atoms with van der Waals surface area (Å²) in [4.78, 5) is 41.9. The number of fused-ring (bicyclic) bond motifs is 1. The van der Waals surface area contributed by atoms with E-state index < -0.39 is 0 Å². The van der Waals surface area contributed by atoms with E-state index in [4.69, 9.17) is 0 Å². The molecule has 3 atom stereocenters. The van der Waals surface area contributed by atoms with E-state index in [1.54, 1.807) is 19.3 Å². The first-order valence-corrected chi connectivity index (χ1v) is 13.7. The van der Waals surface area contributed by atoms with Crippen LogP contribution in [0, 0.1) is 5.92 Å². The molecule has 0 bridgehead atoms. The average molecular weight is 490 g/mol. The van der Waals surface area contributed by atoms with Crippen molar-refractivity contribution in [1.82, 2.24) is 19.8 Å². The fourth-order valence-electron chi connectivity index (χ4n) is 6.67. The van der Waals surface area contributed by atoms with E-state index in [9.17, 15) is 9.59 Å². The molecule has 3 saturated heterocycles. The van der Waals surface area contributed by atoms with Crippen LogP contribution in [-0.4, -0.2) is 69.3 Å². The van der Waals surface area contributed by atoms with Gasteiger partial charge in [0.2, 0.25) is 17.8 Å². The molecule has 0 aliphatic carbocycles. The minimum Gasteiger partial charge on any atom is -0.341 e. The standard InChI is InChI=1S/C29H39N5O2/c1-22(35)34-25(19-23-9-4-2-5-10-23)21-27-26(34)11-6-3-7-16-33(27)28(36)20-24-12-17-32(18-13-24)29-30-14-8-15-31-29/h2,4-5,8-10,14-15,24-27H,3,6-7,11-13,16-21H2,1H3/t25-,26-,27+/m1/s1. The van der Waals surface area contributed by atoms with Gasteiger partial charge >= 0.3 is 0 Å². The third kappa shape index (κ3) is 5.55. The van der Waals surface area contributed by atoms with Crippen LogP contribution in [0.1, 0.15) is 63.9 Å². The van der Waals surface area contributed by atoms with Gasteiger partial charge in [-0.05, 0) is 56.1 Å². The van der Waals surface area contributed by atoms with Crippen LogP contribution in [0.5, 0.6) is 0 Å². The fourth-order valence-corrected chi connectivity index (χ4v) is 6.67. The molecule has 2 aromatic rings. The minimum atomic E-state index is 0.133. The molecule has 0 unspecified atom stereocenters. The van der Waals surface area contributed by atoms with Crippen LogP contribution >= 0.6 is 0 Å².